The van der Waals surface area contributed by atoms with E-state index >= 15 is 0 Å². The van der Waals surface area contributed by atoms with Gasteiger partial charge in [-0.25, -0.2) is 21.6 Å². The average molecular weight is 534 g/mol. The van der Waals surface area contributed by atoms with Gasteiger partial charge in [0.1, 0.15) is 0 Å². The Hall–Kier alpha value is -2.18. The zero-order chi connectivity index (χ0) is 25.7. The number of hydrogen-bond donors (Lipinski definition) is 4. The van der Waals surface area contributed by atoms with E-state index in [2.05, 4.69) is 5.32 Å². The largest absolute Gasteiger partial charge is 0.396 e. The minimum atomic E-state index is -4.05. The van der Waals surface area contributed by atoms with Crippen molar-refractivity contribution < 1.29 is 41.7 Å². The van der Waals surface area contributed by atoms with Crippen molar-refractivity contribution in [3.05, 3.63) is 58.4 Å². The standard InChI is InChI=1S/C23H23ClF3NO6S/c24-16-2-1-11(22(31)28-14-9-17(25)21(27)18(26)10-14)5-19(16)35(33,34)15-7-12-6-13(8-15)23(12,32)20(30)3-4-29/h1-2,5,9-10,12-13,15,20,29-30,32H,3-4,6-8H2,(H,28,31)/t12?,13?,15?,20-,23?/m1/s1. The Morgan fingerprint density at radius 1 is 1.11 bits per heavy atom. The summed E-state index contributed by atoms with van der Waals surface area (Å²) in [5.41, 5.74) is -1.98. The highest BCUT2D eigenvalue weighted by atomic mass is 35.5. The Labute approximate surface area is 204 Å². The van der Waals surface area contributed by atoms with Crippen molar-refractivity contribution in [3.63, 3.8) is 0 Å². The molecular formula is C23H23ClF3NO6S. The van der Waals surface area contributed by atoms with Crippen LogP contribution < -0.4 is 5.32 Å². The maximum atomic E-state index is 13.4. The summed E-state index contributed by atoms with van der Waals surface area (Å²) in [7, 11) is -4.05. The molecule has 4 N–H and O–H groups in total. The van der Waals surface area contributed by atoms with Crippen molar-refractivity contribution in [2.24, 2.45) is 11.8 Å². The van der Waals surface area contributed by atoms with Crippen molar-refractivity contribution in [1.82, 2.24) is 0 Å². The molecule has 0 spiro atoms. The fourth-order valence-electron chi connectivity index (χ4n) is 5.22. The van der Waals surface area contributed by atoms with Gasteiger partial charge in [0, 0.05) is 30.0 Å². The second kappa shape index (κ2) is 9.36. The molecule has 2 aromatic rings. The lowest BCUT2D eigenvalue weighted by Crippen LogP contribution is -2.67. The van der Waals surface area contributed by atoms with Gasteiger partial charge in [-0.1, -0.05) is 11.6 Å². The van der Waals surface area contributed by atoms with Crippen LogP contribution in [0.15, 0.2) is 35.2 Å². The topological polar surface area (TPSA) is 124 Å². The summed E-state index contributed by atoms with van der Waals surface area (Å²) in [6, 6.07) is 4.67. The summed E-state index contributed by atoms with van der Waals surface area (Å²) in [6.45, 7) is -0.313. The molecule has 2 unspecified atom stereocenters. The molecule has 1 amide bonds. The number of sulfone groups is 1. The molecule has 3 aliphatic rings. The number of rotatable bonds is 7. The molecule has 0 aromatic heterocycles. The van der Waals surface area contributed by atoms with E-state index in [1.54, 1.807) is 0 Å². The number of hydrogen-bond acceptors (Lipinski definition) is 6. The smallest absolute Gasteiger partial charge is 0.255 e. The van der Waals surface area contributed by atoms with Crippen molar-refractivity contribution in [1.29, 1.82) is 0 Å². The molecule has 0 heterocycles. The quantitative estimate of drug-likeness (QED) is 0.406. The molecule has 7 nitrogen and oxygen atoms in total. The molecule has 2 aromatic carbocycles. The number of amides is 1. The number of anilines is 1. The molecule has 0 saturated heterocycles. The average Bonchev–Trinajstić information content (AvgIpc) is 2.82. The van der Waals surface area contributed by atoms with Crippen LogP contribution in [-0.2, 0) is 9.84 Å². The highest BCUT2D eigenvalue weighted by Crippen LogP contribution is 2.57. The van der Waals surface area contributed by atoms with E-state index in [-0.39, 0.29) is 47.0 Å². The molecular weight excluding hydrogens is 511 g/mol. The molecule has 0 aliphatic heterocycles. The minimum Gasteiger partial charge on any atom is -0.396 e. The van der Waals surface area contributed by atoms with Crippen LogP contribution in [0.5, 0.6) is 0 Å². The zero-order valence-electron chi connectivity index (χ0n) is 18.2. The number of aliphatic hydroxyl groups excluding tert-OH is 2. The summed E-state index contributed by atoms with van der Waals surface area (Å²) in [6.07, 6.45) is -0.508. The Morgan fingerprint density at radius 3 is 2.29 bits per heavy atom. The van der Waals surface area contributed by atoms with Crippen molar-refractivity contribution >= 4 is 33.0 Å². The first-order valence-corrected chi connectivity index (χ1v) is 12.8. The highest BCUT2D eigenvalue weighted by molar-refractivity contribution is 7.92. The predicted molar refractivity (Wildman–Crippen MR) is 120 cm³/mol. The summed E-state index contributed by atoms with van der Waals surface area (Å²) in [5.74, 6) is -6.54. The van der Waals surface area contributed by atoms with Crippen molar-refractivity contribution in [2.45, 2.75) is 47.5 Å². The van der Waals surface area contributed by atoms with Crippen molar-refractivity contribution in [3.8, 4) is 0 Å². The van der Waals surface area contributed by atoms with Gasteiger partial charge in [-0.15, -0.1) is 0 Å². The Balaban J connectivity index is 1.55. The van der Waals surface area contributed by atoms with Gasteiger partial charge in [-0.3, -0.25) is 4.79 Å². The Morgan fingerprint density at radius 2 is 1.71 bits per heavy atom. The minimum absolute atomic E-state index is 0.0221. The number of carbonyl (C=O) groups is 1. The number of nitrogens with one attached hydrogen (secondary N) is 1. The summed E-state index contributed by atoms with van der Waals surface area (Å²) in [4.78, 5) is 12.3. The second-order valence-electron chi connectivity index (χ2n) is 9.04. The van der Waals surface area contributed by atoms with E-state index in [1.165, 1.54) is 12.1 Å². The molecule has 0 radical (unpaired) electrons. The summed E-state index contributed by atoms with van der Waals surface area (Å²) >= 11 is 6.15. The second-order valence-corrected chi connectivity index (χ2v) is 11.6. The first-order chi connectivity index (χ1) is 16.4. The SMILES string of the molecule is O=C(Nc1cc(F)c(F)c(F)c1)c1ccc(Cl)c(S(=O)(=O)C2CC3CC(C2)C3(O)[C@H](O)CCO)c1. The van der Waals surface area contributed by atoms with Crippen LogP contribution in [0.25, 0.3) is 0 Å². The maximum Gasteiger partial charge on any atom is 0.255 e. The van der Waals surface area contributed by atoms with Crippen molar-refractivity contribution in [2.75, 3.05) is 11.9 Å². The molecule has 2 bridgehead atoms. The first-order valence-electron chi connectivity index (χ1n) is 10.9. The van der Waals surface area contributed by atoms with Crippen LogP contribution >= 0.6 is 11.6 Å². The van der Waals surface area contributed by atoms with Gasteiger partial charge < -0.3 is 20.6 Å². The normalized spacial score (nSPS) is 26.7. The van der Waals surface area contributed by atoms with Gasteiger partial charge in [-0.2, -0.15) is 0 Å². The Bertz CT molecular complexity index is 1240. The van der Waals surface area contributed by atoms with Crippen LogP contribution in [0.3, 0.4) is 0 Å². The predicted octanol–water partition coefficient (Wildman–Crippen LogP) is 3.06. The first kappa shape index (κ1) is 25.9. The third-order valence-corrected chi connectivity index (χ3v) is 9.74. The molecule has 190 valence electrons. The van der Waals surface area contributed by atoms with Crippen LogP contribution in [0.1, 0.15) is 36.0 Å². The number of fused-ring (bicyclic) bond motifs is 2. The zero-order valence-corrected chi connectivity index (χ0v) is 19.8. The van der Waals surface area contributed by atoms with E-state index in [9.17, 15) is 36.6 Å². The van der Waals surface area contributed by atoms with Crippen LogP contribution in [0.4, 0.5) is 18.9 Å². The van der Waals surface area contributed by atoms with Gasteiger partial charge in [0.15, 0.2) is 27.3 Å². The number of benzene rings is 2. The van der Waals surface area contributed by atoms with E-state index in [0.717, 1.165) is 6.07 Å². The fraction of sp³-hybridized carbons (Fsp3) is 0.435. The van der Waals surface area contributed by atoms with Crippen LogP contribution in [0.2, 0.25) is 5.02 Å². The molecule has 35 heavy (non-hydrogen) atoms. The molecule has 3 saturated carbocycles. The lowest BCUT2D eigenvalue weighted by Gasteiger charge is -2.60. The summed E-state index contributed by atoms with van der Waals surface area (Å²) in [5, 5.41) is 31.4. The highest BCUT2D eigenvalue weighted by Gasteiger charge is 2.62. The number of halogens is 4. The third kappa shape index (κ3) is 4.44. The number of carbonyl (C=O) groups excluding carboxylic acids is 1. The van der Waals surface area contributed by atoms with Gasteiger partial charge in [0.05, 0.1) is 26.9 Å². The molecule has 3 atom stereocenters. The maximum absolute atomic E-state index is 13.4. The monoisotopic (exact) mass is 533 g/mol. The molecule has 5 rings (SSSR count). The van der Waals surface area contributed by atoms with E-state index in [4.69, 9.17) is 16.7 Å². The van der Waals surface area contributed by atoms with Gasteiger partial charge >= 0.3 is 0 Å². The third-order valence-electron chi connectivity index (χ3n) is 7.09. The van der Waals surface area contributed by atoms with E-state index < -0.39 is 62.0 Å². The Kier molecular flexibility index (Phi) is 6.93. The van der Waals surface area contributed by atoms with Crippen LogP contribution in [-0.4, -0.2) is 53.2 Å². The molecule has 3 aliphatic carbocycles. The van der Waals surface area contributed by atoms with E-state index in [1.807, 2.05) is 0 Å². The van der Waals surface area contributed by atoms with Gasteiger partial charge in [-0.05, 0) is 55.7 Å². The lowest BCUT2D eigenvalue weighted by molar-refractivity contribution is -0.233. The fourth-order valence-corrected chi connectivity index (χ4v) is 7.62. The summed E-state index contributed by atoms with van der Waals surface area (Å²) < 4.78 is 66.8. The van der Waals surface area contributed by atoms with E-state index in [0.29, 0.717) is 18.6 Å². The number of aliphatic hydroxyl groups is 3. The van der Waals surface area contributed by atoms with Crippen LogP contribution in [0, 0.1) is 29.3 Å². The van der Waals surface area contributed by atoms with Gasteiger partial charge in [0.25, 0.3) is 5.91 Å². The van der Waals surface area contributed by atoms with Gasteiger partial charge in [0.2, 0.25) is 0 Å². The molecule has 3 fully saturated rings. The lowest BCUT2D eigenvalue weighted by atomic mass is 9.51. The molecule has 12 heteroatoms.